The van der Waals surface area contributed by atoms with Crippen LogP contribution in [0.2, 0.25) is 0 Å². The second-order valence-electron chi connectivity index (χ2n) is 37.4. The van der Waals surface area contributed by atoms with E-state index in [2.05, 4.69) is 161 Å². The summed E-state index contributed by atoms with van der Waals surface area (Å²) in [6, 6.07) is 70.7. The van der Waals surface area contributed by atoms with Crippen molar-refractivity contribution in [3.8, 4) is 45.0 Å². The van der Waals surface area contributed by atoms with Gasteiger partial charge in [0.25, 0.3) is 0 Å². The minimum atomic E-state index is -0.555. The third kappa shape index (κ3) is 23.4. The van der Waals surface area contributed by atoms with E-state index in [-0.39, 0.29) is 42.0 Å². The number of nitrogens with one attached hydrogen (secondary N) is 1. The number of nitrogens with zero attached hydrogens (tertiary/aromatic N) is 14. The van der Waals surface area contributed by atoms with Crippen molar-refractivity contribution < 1.29 is 66.7 Å². The summed E-state index contributed by atoms with van der Waals surface area (Å²) >= 11 is 0. The molecule has 0 aliphatic carbocycles. The first-order chi connectivity index (χ1) is 66.7. The zero-order valence-corrected chi connectivity index (χ0v) is 81.9. The van der Waals surface area contributed by atoms with E-state index in [4.69, 9.17) is 53.6 Å². The predicted octanol–water partition coefficient (Wildman–Crippen LogP) is 18.5. The molecule has 19 rings (SSSR count). The Morgan fingerprint density at radius 3 is 0.914 bits per heavy atom. The van der Waals surface area contributed by atoms with Crippen molar-refractivity contribution in [3.63, 3.8) is 0 Å². The van der Waals surface area contributed by atoms with Crippen LogP contribution in [0.15, 0.2) is 225 Å². The number of hydrogen-bond acceptors (Lipinski definition) is 22. The van der Waals surface area contributed by atoms with Crippen LogP contribution in [0.5, 0.6) is 0 Å². The van der Waals surface area contributed by atoms with Gasteiger partial charge in [0, 0.05) is 95.5 Å². The van der Waals surface area contributed by atoms with Crippen molar-refractivity contribution in [1.82, 2.24) is 73.8 Å². The largest absolute Gasteiger partial charge is 0.465 e. The molecule has 0 unspecified atom stereocenters. The van der Waals surface area contributed by atoms with Gasteiger partial charge in [0.2, 0.25) is 0 Å². The van der Waals surface area contributed by atoms with E-state index in [1.54, 1.807) is 46.2 Å². The van der Waals surface area contributed by atoms with E-state index in [0.29, 0.717) is 86.7 Å². The number of fused-ring (bicyclic) bond motifs is 5. The standard InChI is InChI=1S/C26H29N3O4.2C22H23N3O2.C21H21N3O2.C19H23N3O4/c1-17-9-6-7-12-20(17)23-21-15-28(25(31)33-26(2,3)4)16-22(21)27-29(23)14-18-10-8-11-19(13-18)24(30)32-5;2*1-15-7-4-5-10-18(15)21-19-13-24(2)14-20(19)23-25(21)12-16-8-6-9-17(11-16)22(26)27-3;1-14-6-3-4-9-17(14)20-18-11-22-12-19(18)23-24(20)13-15-7-5-8-16(10-15)21(25)26-2;1-19(2,3)26-18(24)21-10-15-11-22(20-16(15)12-21)9-13-6-5-7-14(8-13)17(23)25-4/h6-13H,14-16H2,1-5H3;2*4-11H,12-14H2,1-3H3;3-10,22H,11-13H2,1-2H3;5-8,11H,9-10,12H2,1-4H3. The van der Waals surface area contributed by atoms with E-state index in [1.807, 2.05) is 154 Å². The third-order valence-corrected chi connectivity index (χ3v) is 24.5. The van der Waals surface area contributed by atoms with Gasteiger partial charge in [-0.2, -0.15) is 25.5 Å². The van der Waals surface area contributed by atoms with Gasteiger partial charge in [-0.3, -0.25) is 43.0 Å². The quantitative estimate of drug-likeness (QED) is 0.0581. The smallest absolute Gasteiger partial charge is 0.410 e. The van der Waals surface area contributed by atoms with E-state index < -0.39 is 11.2 Å². The maximum Gasteiger partial charge on any atom is 0.410 e. The molecule has 718 valence electrons. The molecule has 10 heterocycles. The summed E-state index contributed by atoms with van der Waals surface area (Å²) in [6.45, 7) is 29.4. The molecule has 29 nitrogen and oxygen atoms in total. The molecule has 1 N–H and O–H groups in total. The van der Waals surface area contributed by atoms with Gasteiger partial charge in [0.15, 0.2) is 0 Å². The van der Waals surface area contributed by atoms with Gasteiger partial charge in [-0.15, -0.1) is 0 Å². The summed E-state index contributed by atoms with van der Waals surface area (Å²) in [5, 5.41) is 27.5. The van der Waals surface area contributed by atoms with Gasteiger partial charge in [0.1, 0.15) is 11.2 Å². The SMILES string of the molecule is COC(=O)c1cccc(Cn2cc3c(n2)CN(C(=O)OC(C)(C)C)C3)c1.COC(=O)c1cccc(Cn2nc3c(c2-c2ccccc2C)CN(C(=O)OC(C)(C)C)C3)c1.COC(=O)c1cccc(Cn2nc3c(c2-c2ccccc2C)CN(C)C3)c1.COC(=O)c1cccc(Cn2nc3c(c2-c2ccccc2C)CN(C)C3)c1.COC(=O)c1cccc(Cn2nc3c(c2-c2ccccc2C)CNC3)c1. The Morgan fingerprint density at radius 1 is 0.309 bits per heavy atom. The van der Waals surface area contributed by atoms with E-state index in [9.17, 15) is 33.6 Å². The fraction of sp³-hybridized carbons (Fsp3) is 0.309. The highest BCUT2D eigenvalue weighted by Gasteiger charge is 2.37. The van der Waals surface area contributed by atoms with Crippen LogP contribution in [0.4, 0.5) is 9.59 Å². The number of benzene rings is 9. The van der Waals surface area contributed by atoms with Crippen LogP contribution < -0.4 is 5.32 Å². The summed E-state index contributed by atoms with van der Waals surface area (Å²) in [7, 11) is 11.2. The first-order valence-electron chi connectivity index (χ1n) is 46.2. The first-order valence-corrected chi connectivity index (χ1v) is 46.2. The summed E-state index contributed by atoms with van der Waals surface area (Å²) in [6.07, 6.45) is 1.27. The molecule has 5 aliphatic rings. The Kier molecular flexibility index (Phi) is 30.4. The number of ether oxygens (including phenoxy) is 7. The maximum atomic E-state index is 12.7. The molecule has 0 saturated heterocycles. The number of methoxy groups -OCH3 is 5. The maximum absolute atomic E-state index is 12.7. The van der Waals surface area contributed by atoms with Crippen LogP contribution >= 0.6 is 0 Å². The summed E-state index contributed by atoms with van der Waals surface area (Å²) in [5.41, 5.74) is 31.7. The van der Waals surface area contributed by atoms with Crippen LogP contribution in [-0.2, 0) is 131 Å². The molecule has 5 aromatic heterocycles. The Balaban J connectivity index is 0.000000132. The number of carbonyl (C=O) groups excluding carboxylic acids is 7. The van der Waals surface area contributed by atoms with Crippen molar-refractivity contribution in [3.05, 3.63) is 359 Å². The summed E-state index contributed by atoms with van der Waals surface area (Å²) < 4.78 is 45.1. The molecule has 0 fully saturated rings. The topological polar surface area (TPSA) is 298 Å². The van der Waals surface area contributed by atoms with Crippen LogP contribution in [0.25, 0.3) is 45.0 Å². The fourth-order valence-electron chi connectivity index (χ4n) is 18.0. The summed E-state index contributed by atoms with van der Waals surface area (Å²) in [4.78, 5) is 91.8. The minimum Gasteiger partial charge on any atom is -0.465 e. The lowest BCUT2D eigenvalue weighted by Crippen LogP contribution is -2.33. The average molecular weight is 1880 g/mol. The molecule has 29 heteroatoms. The molecule has 0 radical (unpaired) electrons. The zero-order chi connectivity index (χ0) is 98.7. The highest BCUT2D eigenvalue weighted by molar-refractivity contribution is 5.92. The zero-order valence-electron chi connectivity index (χ0n) is 81.9. The van der Waals surface area contributed by atoms with Gasteiger partial charge in [-0.05, 0) is 194 Å². The Hall–Kier alpha value is -15.2. The lowest BCUT2D eigenvalue weighted by Gasteiger charge is -2.24. The average Bonchev–Trinajstić information content (AvgIpc) is 1.60. The molecule has 2 amide bonds. The first kappa shape index (κ1) is 98.3. The number of carbonyl (C=O) groups is 7. The number of amides is 2. The van der Waals surface area contributed by atoms with Gasteiger partial charge in [-0.1, -0.05) is 158 Å². The predicted molar refractivity (Wildman–Crippen MR) is 528 cm³/mol. The Morgan fingerprint density at radius 2 is 0.597 bits per heavy atom. The lowest BCUT2D eigenvalue weighted by atomic mass is 10.0. The van der Waals surface area contributed by atoms with Crippen LogP contribution in [0.3, 0.4) is 0 Å². The molecule has 139 heavy (non-hydrogen) atoms. The molecule has 5 aliphatic heterocycles. The van der Waals surface area contributed by atoms with Crippen molar-refractivity contribution in [2.45, 2.75) is 179 Å². The van der Waals surface area contributed by atoms with E-state index >= 15 is 0 Å². The van der Waals surface area contributed by atoms with Gasteiger partial charge >= 0.3 is 42.0 Å². The van der Waals surface area contributed by atoms with Crippen molar-refractivity contribution >= 4 is 42.0 Å². The second-order valence-corrected chi connectivity index (χ2v) is 37.4. The Bertz CT molecular complexity index is 6730. The number of hydrogen-bond donors (Lipinski definition) is 1. The molecule has 0 atom stereocenters. The molecule has 0 saturated carbocycles. The summed E-state index contributed by atoms with van der Waals surface area (Å²) in [5.74, 6) is -1.69. The monoisotopic (exact) mass is 1870 g/mol. The fourth-order valence-corrected chi connectivity index (χ4v) is 18.0. The van der Waals surface area contributed by atoms with E-state index in [0.717, 1.165) is 129 Å². The van der Waals surface area contributed by atoms with Crippen molar-refractivity contribution in [1.29, 1.82) is 0 Å². The second kappa shape index (κ2) is 43.0. The van der Waals surface area contributed by atoms with Crippen LogP contribution in [-0.4, -0.2) is 171 Å². The van der Waals surface area contributed by atoms with Crippen LogP contribution in [0.1, 0.15) is 200 Å². The lowest BCUT2D eigenvalue weighted by molar-refractivity contribution is 0.0229. The molecule has 9 aromatic carbocycles. The van der Waals surface area contributed by atoms with Gasteiger partial charge in [-0.25, -0.2) is 33.6 Å². The third-order valence-electron chi connectivity index (χ3n) is 24.5. The normalized spacial score (nSPS) is 13.3. The molecule has 0 bridgehead atoms. The minimum absolute atomic E-state index is 0.319. The Labute approximate surface area is 810 Å². The molecular formula is C110H119N15O14. The number of esters is 5. The molecule has 14 aromatic rings. The molecular weight excluding hydrogens is 1760 g/mol. The van der Waals surface area contributed by atoms with E-state index in [1.165, 1.54) is 97.0 Å². The number of aryl methyl sites for hydroxylation is 4. The van der Waals surface area contributed by atoms with Crippen molar-refractivity contribution in [2.75, 3.05) is 49.6 Å². The number of rotatable bonds is 19. The van der Waals surface area contributed by atoms with Gasteiger partial charge < -0.3 is 38.5 Å². The van der Waals surface area contributed by atoms with Crippen LogP contribution in [0, 0.1) is 27.7 Å². The molecule has 0 spiro atoms. The number of aromatic nitrogens is 10. The highest BCUT2D eigenvalue weighted by atomic mass is 16.6. The van der Waals surface area contributed by atoms with Gasteiger partial charge in [0.05, 0.1) is 174 Å². The van der Waals surface area contributed by atoms with Crippen molar-refractivity contribution in [2.24, 2.45) is 0 Å². The highest BCUT2D eigenvalue weighted by Crippen LogP contribution is 2.40.